The summed E-state index contributed by atoms with van der Waals surface area (Å²) in [6, 6.07) is 15.3. The van der Waals surface area contributed by atoms with Crippen LogP contribution in [0.2, 0.25) is 0 Å². The number of fused-ring (bicyclic) bond motifs is 2. The van der Waals surface area contributed by atoms with E-state index in [0.29, 0.717) is 28.3 Å². The number of carboxylic acid groups (broad SMARTS) is 1. The molecule has 0 spiro atoms. The molecule has 7 rings (SSSR count). The number of halogens is 2. The number of nitrogens with zero attached hydrogens (tertiary/aromatic N) is 5. The molecule has 1 amide bonds. The zero-order chi connectivity index (χ0) is 29.1. The van der Waals surface area contributed by atoms with Crippen LogP contribution in [0.4, 0.5) is 14.6 Å². The lowest BCUT2D eigenvalue weighted by molar-refractivity contribution is -0.137. The van der Waals surface area contributed by atoms with Gasteiger partial charge in [0.05, 0.1) is 18.3 Å². The minimum absolute atomic E-state index is 0.0369. The molecule has 0 bridgehead atoms. The van der Waals surface area contributed by atoms with Crippen molar-refractivity contribution in [1.29, 1.82) is 0 Å². The van der Waals surface area contributed by atoms with E-state index in [-0.39, 0.29) is 42.4 Å². The quantitative estimate of drug-likeness (QED) is 0.308. The summed E-state index contributed by atoms with van der Waals surface area (Å²) in [7, 11) is 0. The molecule has 2 aliphatic heterocycles. The van der Waals surface area contributed by atoms with Gasteiger partial charge >= 0.3 is 5.97 Å². The molecule has 2 aromatic carbocycles. The Morgan fingerprint density at radius 2 is 1.81 bits per heavy atom. The fourth-order valence-electron chi connectivity index (χ4n) is 6.63. The maximum absolute atomic E-state index is 15.4. The summed E-state index contributed by atoms with van der Waals surface area (Å²) in [5.74, 6) is -0.856. The molecule has 2 fully saturated rings. The predicted octanol–water partition coefficient (Wildman–Crippen LogP) is 5.94. The number of benzene rings is 2. The van der Waals surface area contributed by atoms with Crippen molar-refractivity contribution in [1.82, 2.24) is 19.5 Å². The van der Waals surface area contributed by atoms with Crippen LogP contribution in [0.25, 0.3) is 16.9 Å². The van der Waals surface area contributed by atoms with E-state index in [4.69, 9.17) is 10.2 Å². The number of carboxylic acids is 1. The van der Waals surface area contributed by atoms with Crippen molar-refractivity contribution >= 4 is 23.3 Å². The molecule has 3 aliphatic rings. The first-order chi connectivity index (χ1) is 20.3. The average molecular weight is 572 g/mol. The van der Waals surface area contributed by atoms with Crippen LogP contribution in [0.5, 0.6) is 0 Å². The molecule has 216 valence electrons. The van der Waals surface area contributed by atoms with Crippen molar-refractivity contribution in [2.45, 2.75) is 50.7 Å². The summed E-state index contributed by atoms with van der Waals surface area (Å²) in [6.45, 7) is 3.44. The first-order valence-electron chi connectivity index (χ1n) is 14.5. The Morgan fingerprint density at radius 3 is 2.55 bits per heavy atom. The summed E-state index contributed by atoms with van der Waals surface area (Å²) < 4.78 is 32.2. The number of carbonyl (C=O) groups excluding carboxylic acids is 1. The molecule has 0 radical (unpaired) electrons. The number of carbonyl (C=O) groups is 2. The lowest BCUT2D eigenvalue weighted by Gasteiger charge is -2.37. The van der Waals surface area contributed by atoms with Gasteiger partial charge in [0.15, 0.2) is 5.65 Å². The van der Waals surface area contributed by atoms with Gasteiger partial charge in [-0.1, -0.05) is 30.3 Å². The topological polar surface area (TPSA) is 91.0 Å². The second-order valence-electron chi connectivity index (χ2n) is 11.7. The third-order valence-corrected chi connectivity index (χ3v) is 8.98. The molecule has 0 unspecified atom stereocenters. The largest absolute Gasteiger partial charge is 0.481 e. The van der Waals surface area contributed by atoms with E-state index in [9.17, 15) is 9.59 Å². The molecule has 4 atom stereocenters. The minimum Gasteiger partial charge on any atom is -0.481 e. The van der Waals surface area contributed by atoms with Gasteiger partial charge in [-0.05, 0) is 66.8 Å². The maximum Gasteiger partial charge on any atom is 0.303 e. The Balaban J connectivity index is 1.24. The van der Waals surface area contributed by atoms with Crippen LogP contribution in [0, 0.1) is 11.7 Å². The van der Waals surface area contributed by atoms with Crippen molar-refractivity contribution in [2.75, 3.05) is 24.5 Å². The van der Waals surface area contributed by atoms with Gasteiger partial charge < -0.3 is 14.9 Å². The maximum atomic E-state index is 15.4. The first-order valence-corrected chi connectivity index (χ1v) is 14.5. The van der Waals surface area contributed by atoms with E-state index >= 15 is 8.78 Å². The zero-order valence-corrected chi connectivity index (χ0v) is 23.2. The average Bonchev–Trinajstić information content (AvgIpc) is 3.33. The van der Waals surface area contributed by atoms with Crippen LogP contribution in [-0.4, -0.2) is 56.1 Å². The van der Waals surface area contributed by atoms with Crippen molar-refractivity contribution in [3.63, 3.8) is 0 Å². The second-order valence-corrected chi connectivity index (χ2v) is 11.7. The molecule has 4 heterocycles. The Bertz CT molecular complexity index is 1720. The fraction of sp³-hybridized carbons (Fsp3) is 0.375. The van der Waals surface area contributed by atoms with Crippen LogP contribution in [0.15, 0.2) is 54.6 Å². The second kappa shape index (κ2) is 10.2. The molecule has 42 heavy (non-hydrogen) atoms. The Labute approximate surface area is 241 Å². The number of hydrogen-bond donors (Lipinski definition) is 1. The SMILES string of the molecule is C[C@@H]1c2ccccc2[C@@H](F)CN1C(=O)c1cc(N2CCCC2)n2nc(-c3ccc([C@H]4C[C@@H]4CC(=O)O)cc3F)cc2n1. The lowest BCUT2D eigenvalue weighted by atomic mass is 9.92. The number of hydrogen-bond acceptors (Lipinski definition) is 5. The van der Waals surface area contributed by atoms with E-state index in [0.717, 1.165) is 43.5 Å². The highest BCUT2D eigenvalue weighted by Crippen LogP contribution is 2.50. The van der Waals surface area contributed by atoms with Gasteiger partial charge in [-0.15, -0.1) is 0 Å². The van der Waals surface area contributed by atoms with Gasteiger partial charge in [-0.2, -0.15) is 9.61 Å². The van der Waals surface area contributed by atoms with Gasteiger partial charge in [-0.25, -0.2) is 13.8 Å². The number of aliphatic carboxylic acids is 1. The molecule has 10 heteroatoms. The number of aromatic nitrogens is 3. The number of rotatable bonds is 6. The third kappa shape index (κ3) is 4.59. The van der Waals surface area contributed by atoms with Crippen LogP contribution >= 0.6 is 0 Å². The number of anilines is 1. The van der Waals surface area contributed by atoms with Gasteiger partial charge in [0, 0.05) is 37.2 Å². The van der Waals surface area contributed by atoms with Gasteiger partial charge in [0.1, 0.15) is 23.5 Å². The molecule has 2 aromatic heterocycles. The normalized spacial score (nSPS) is 23.3. The fourth-order valence-corrected chi connectivity index (χ4v) is 6.63. The minimum atomic E-state index is -1.29. The molecule has 1 N–H and O–H groups in total. The third-order valence-electron chi connectivity index (χ3n) is 8.98. The highest BCUT2D eigenvalue weighted by atomic mass is 19.1. The first kappa shape index (κ1) is 26.6. The predicted molar refractivity (Wildman–Crippen MR) is 153 cm³/mol. The van der Waals surface area contributed by atoms with Crippen LogP contribution in [0.1, 0.15) is 77.9 Å². The van der Waals surface area contributed by atoms with E-state index in [1.807, 2.05) is 31.2 Å². The van der Waals surface area contributed by atoms with Crippen LogP contribution in [0.3, 0.4) is 0 Å². The molecule has 4 aromatic rings. The summed E-state index contributed by atoms with van der Waals surface area (Å²) in [4.78, 5) is 33.2. The molecular formula is C32H31F2N5O3. The molecule has 8 nitrogen and oxygen atoms in total. The van der Waals surface area contributed by atoms with Crippen molar-refractivity contribution in [3.8, 4) is 11.3 Å². The van der Waals surface area contributed by atoms with Gasteiger partial charge in [0.2, 0.25) is 0 Å². The van der Waals surface area contributed by atoms with Gasteiger partial charge in [-0.3, -0.25) is 9.59 Å². The van der Waals surface area contributed by atoms with E-state index in [1.165, 1.54) is 11.0 Å². The summed E-state index contributed by atoms with van der Waals surface area (Å²) in [6.07, 6.45) is 1.55. The Kier molecular flexibility index (Phi) is 6.44. The van der Waals surface area contributed by atoms with Crippen molar-refractivity contribution in [2.24, 2.45) is 5.92 Å². The summed E-state index contributed by atoms with van der Waals surface area (Å²) in [5.41, 5.74) is 3.49. The van der Waals surface area contributed by atoms with Gasteiger partial charge in [0.25, 0.3) is 5.91 Å². The standard InChI is InChI=1S/C32H31F2N5O3/c1-18-21-6-2-3-7-22(21)26(34)17-38(18)32(42)28-16-30(37-10-4-5-11-37)39-29(35-28)15-27(36-39)23-9-8-19(13-25(23)33)24-12-20(24)14-31(40)41/h2-3,6-9,13,15-16,18,20,24,26H,4-5,10-12,14,17H2,1H3,(H,40,41)/t18-,20-,24-,26+/m1/s1. The molecule has 1 saturated carbocycles. The van der Waals surface area contributed by atoms with E-state index in [1.54, 1.807) is 28.8 Å². The zero-order valence-electron chi connectivity index (χ0n) is 23.2. The number of alkyl halides is 1. The smallest absolute Gasteiger partial charge is 0.303 e. The lowest BCUT2D eigenvalue weighted by Crippen LogP contribution is -2.40. The van der Waals surface area contributed by atoms with Crippen molar-refractivity contribution in [3.05, 3.63) is 82.8 Å². The molecule has 1 aliphatic carbocycles. The van der Waals surface area contributed by atoms with Crippen LogP contribution < -0.4 is 4.90 Å². The monoisotopic (exact) mass is 571 g/mol. The summed E-state index contributed by atoms with van der Waals surface area (Å²) >= 11 is 0. The Hall–Kier alpha value is -4.34. The highest BCUT2D eigenvalue weighted by Gasteiger charge is 2.40. The van der Waals surface area contributed by atoms with Crippen LogP contribution in [-0.2, 0) is 4.79 Å². The molecular weight excluding hydrogens is 540 g/mol. The Morgan fingerprint density at radius 1 is 1.05 bits per heavy atom. The highest BCUT2D eigenvalue weighted by molar-refractivity contribution is 5.94. The van der Waals surface area contributed by atoms with E-state index in [2.05, 4.69) is 9.88 Å². The van der Waals surface area contributed by atoms with E-state index < -0.39 is 18.0 Å². The van der Waals surface area contributed by atoms with Crippen molar-refractivity contribution < 1.29 is 23.5 Å². The summed E-state index contributed by atoms with van der Waals surface area (Å²) in [5, 5.41) is 13.8. The number of amides is 1. The molecule has 1 saturated heterocycles.